The summed E-state index contributed by atoms with van der Waals surface area (Å²) >= 11 is 10.9. The summed E-state index contributed by atoms with van der Waals surface area (Å²) in [6, 6.07) is 4.23. The first-order valence-electron chi connectivity index (χ1n) is 4.73. The van der Waals surface area contributed by atoms with Crippen LogP contribution in [0.2, 0.25) is 0 Å². The zero-order valence-corrected chi connectivity index (χ0v) is 11.4. The topological polar surface area (TPSA) is 12.0 Å². The number of thiophene rings is 1. The lowest BCUT2D eigenvalue weighted by molar-refractivity contribution is 0.503. The maximum atomic E-state index is 5.66. The maximum Gasteiger partial charge on any atom is 0.0701 e. The molecule has 1 aromatic rings. The monoisotopic (exact) mass is 295 g/mol. The van der Waals surface area contributed by atoms with Crippen LogP contribution < -0.4 is 5.32 Å². The zero-order chi connectivity index (χ0) is 10.4. The van der Waals surface area contributed by atoms with Crippen LogP contribution in [0, 0.1) is 5.92 Å². The molecule has 1 aromatic heterocycles. The average molecular weight is 297 g/mol. The lowest BCUT2D eigenvalue weighted by Gasteiger charge is -2.09. The second-order valence-corrected chi connectivity index (χ2v) is 6.35. The fraction of sp³-hybridized carbons (Fsp3) is 0.600. The molecule has 0 radical (unpaired) electrons. The van der Waals surface area contributed by atoms with Crippen LogP contribution in [-0.2, 0) is 6.54 Å². The predicted molar refractivity (Wildman–Crippen MR) is 68.2 cm³/mol. The van der Waals surface area contributed by atoms with Gasteiger partial charge in [-0.15, -0.1) is 22.9 Å². The van der Waals surface area contributed by atoms with E-state index in [9.17, 15) is 0 Å². The Balaban J connectivity index is 2.15. The first-order chi connectivity index (χ1) is 6.72. The second kappa shape index (κ2) is 6.83. The van der Waals surface area contributed by atoms with Crippen LogP contribution >= 0.6 is 38.9 Å². The van der Waals surface area contributed by atoms with Gasteiger partial charge in [0.25, 0.3) is 0 Å². The third kappa shape index (κ3) is 4.78. The van der Waals surface area contributed by atoms with Crippen molar-refractivity contribution in [2.24, 2.45) is 5.92 Å². The van der Waals surface area contributed by atoms with E-state index >= 15 is 0 Å². The van der Waals surface area contributed by atoms with Gasteiger partial charge in [-0.3, -0.25) is 0 Å². The summed E-state index contributed by atoms with van der Waals surface area (Å²) in [4.78, 5) is 1.37. The minimum atomic E-state index is 0.663. The van der Waals surface area contributed by atoms with Gasteiger partial charge in [0.1, 0.15) is 0 Å². The predicted octanol–water partition coefficient (Wildman–Crippen LogP) is 3.87. The van der Waals surface area contributed by atoms with Gasteiger partial charge in [-0.1, -0.05) is 6.92 Å². The summed E-state index contributed by atoms with van der Waals surface area (Å²) in [7, 11) is 0. The van der Waals surface area contributed by atoms with E-state index < -0.39 is 0 Å². The largest absolute Gasteiger partial charge is 0.312 e. The second-order valence-electron chi connectivity index (χ2n) is 3.42. The van der Waals surface area contributed by atoms with Crippen molar-refractivity contribution >= 4 is 38.9 Å². The molecular formula is C10H15BrClNS. The van der Waals surface area contributed by atoms with Gasteiger partial charge < -0.3 is 5.32 Å². The molecule has 1 atom stereocenters. The Morgan fingerprint density at radius 3 is 2.93 bits per heavy atom. The van der Waals surface area contributed by atoms with Crippen LogP contribution in [0.15, 0.2) is 15.9 Å². The minimum absolute atomic E-state index is 0.663. The summed E-state index contributed by atoms with van der Waals surface area (Å²) in [5, 5.41) is 3.43. The molecule has 4 heteroatoms. The number of hydrogen-bond acceptors (Lipinski definition) is 2. The summed E-state index contributed by atoms with van der Waals surface area (Å²) in [6.45, 7) is 4.23. The van der Waals surface area contributed by atoms with E-state index in [0.29, 0.717) is 5.92 Å². The van der Waals surface area contributed by atoms with Gasteiger partial charge >= 0.3 is 0 Å². The molecule has 0 saturated carbocycles. The molecule has 0 aliphatic carbocycles. The Kier molecular flexibility index (Phi) is 6.10. The average Bonchev–Trinajstić information content (AvgIpc) is 2.52. The fourth-order valence-corrected chi connectivity index (χ4v) is 3.00. The molecular weight excluding hydrogens is 282 g/mol. The summed E-state index contributed by atoms with van der Waals surface area (Å²) in [5.41, 5.74) is 0. The van der Waals surface area contributed by atoms with Gasteiger partial charge in [-0.25, -0.2) is 0 Å². The third-order valence-corrected chi connectivity index (χ3v) is 3.86. The van der Waals surface area contributed by atoms with Crippen LogP contribution in [0.5, 0.6) is 0 Å². The van der Waals surface area contributed by atoms with E-state index in [1.165, 1.54) is 8.66 Å². The molecule has 0 amide bonds. The molecule has 0 aromatic carbocycles. The Morgan fingerprint density at radius 2 is 2.36 bits per heavy atom. The number of halogens is 2. The standard InChI is InChI=1S/C10H15BrClNS/c1-8(4-5-12)6-13-7-9-2-3-10(11)14-9/h2-3,8,13H,4-7H2,1H3. The van der Waals surface area contributed by atoms with Crippen molar-refractivity contribution in [2.45, 2.75) is 19.9 Å². The van der Waals surface area contributed by atoms with E-state index in [1.54, 1.807) is 11.3 Å². The minimum Gasteiger partial charge on any atom is -0.312 e. The molecule has 1 rings (SSSR count). The highest BCUT2D eigenvalue weighted by atomic mass is 79.9. The SMILES string of the molecule is CC(CCCl)CNCc1ccc(Br)s1. The van der Waals surface area contributed by atoms with Crippen LogP contribution in [0.4, 0.5) is 0 Å². The smallest absolute Gasteiger partial charge is 0.0701 e. The molecule has 0 aliphatic heterocycles. The lowest BCUT2D eigenvalue weighted by atomic mass is 10.1. The first kappa shape index (κ1) is 12.5. The Labute approximate surface area is 103 Å². The van der Waals surface area contributed by atoms with Gasteiger partial charge in [0.2, 0.25) is 0 Å². The number of alkyl halides is 1. The van der Waals surface area contributed by atoms with Gasteiger partial charge in [0, 0.05) is 17.3 Å². The van der Waals surface area contributed by atoms with Crippen molar-refractivity contribution in [1.82, 2.24) is 5.32 Å². The van der Waals surface area contributed by atoms with Crippen molar-refractivity contribution in [3.63, 3.8) is 0 Å². The van der Waals surface area contributed by atoms with Gasteiger partial charge in [0.05, 0.1) is 3.79 Å². The van der Waals surface area contributed by atoms with Crippen molar-refractivity contribution < 1.29 is 0 Å². The molecule has 1 N–H and O–H groups in total. The normalized spacial score (nSPS) is 13.1. The Morgan fingerprint density at radius 1 is 1.57 bits per heavy atom. The highest BCUT2D eigenvalue weighted by Crippen LogP contribution is 2.21. The molecule has 0 bridgehead atoms. The summed E-state index contributed by atoms with van der Waals surface area (Å²) in [5.74, 6) is 1.42. The Hall–Kier alpha value is 0.430. The third-order valence-electron chi connectivity index (χ3n) is 2.02. The first-order valence-corrected chi connectivity index (χ1v) is 6.87. The van der Waals surface area contributed by atoms with Crippen LogP contribution in [-0.4, -0.2) is 12.4 Å². The molecule has 1 unspecified atom stereocenters. The molecule has 1 nitrogen and oxygen atoms in total. The molecule has 0 saturated heterocycles. The van der Waals surface area contributed by atoms with Crippen LogP contribution in [0.3, 0.4) is 0 Å². The molecule has 14 heavy (non-hydrogen) atoms. The van der Waals surface area contributed by atoms with E-state index in [1.807, 2.05) is 0 Å². The molecule has 80 valence electrons. The van der Waals surface area contributed by atoms with Crippen molar-refractivity contribution in [2.75, 3.05) is 12.4 Å². The molecule has 0 spiro atoms. The van der Waals surface area contributed by atoms with Gasteiger partial charge in [-0.2, -0.15) is 0 Å². The highest BCUT2D eigenvalue weighted by molar-refractivity contribution is 9.11. The lowest BCUT2D eigenvalue weighted by Crippen LogP contribution is -2.20. The highest BCUT2D eigenvalue weighted by Gasteiger charge is 2.01. The van der Waals surface area contributed by atoms with Crippen molar-refractivity contribution in [3.05, 3.63) is 20.8 Å². The van der Waals surface area contributed by atoms with E-state index in [4.69, 9.17) is 11.6 Å². The van der Waals surface area contributed by atoms with E-state index in [-0.39, 0.29) is 0 Å². The summed E-state index contributed by atoms with van der Waals surface area (Å²) in [6.07, 6.45) is 1.09. The van der Waals surface area contributed by atoms with Crippen molar-refractivity contribution in [3.8, 4) is 0 Å². The van der Waals surface area contributed by atoms with Gasteiger partial charge in [0.15, 0.2) is 0 Å². The van der Waals surface area contributed by atoms with Crippen LogP contribution in [0.1, 0.15) is 18.2 Å². The quantitative estimate of drug-likeness (QED) is 0.786. The molecule has 0 fully saturated rings. The number of nitrogens with one attached hydrogen (secondary N) is 1. The van der Waals surface area contributed by atoms with Crippen LogP contribution in [0.25, 0.3) is 0 Å². The Bertz CT molecular complexity index is 264. The maximum absolute atomic E-state index is 5.66. The molecule has 1 heterocycles. The fourth-order valence-electron chi connectivity index (χ4n) is 1.18. The van der Waals surface area contributed by atoms with E-state index in [0.717, 1.165) is 25.4 Å². The number of rotatable bonds is 6. The number of hydrogen-bond donors (Lipinski definition) is 1. The van der Waals surface area contributed by atoms with E-state index in [2.05, 4.69) is 40.3 Å². The van der Waals surface area contributed by atoms with Gasteiger partial charge in [-0.05, 0) is 46.9 Å². The van der Waals surface area contributed by atoms with Crippen molar-refractivity contribution in [1.29, 1.82) is 0 Å². The summed E-state index contributed by atoms with van der Waals surface area (Å²) < 4.78 is 1.20. The zero-order valence-electron chi connectivity index (χ0n) is 8.22. The molecule has 0 aliphatic rings.